The molecular formula is C13H13ClN2O2. The van der Waals surface area contributed by atoms with Crippen LogP contribution in [-0.2, 0) is 16.0 Å². The molecule has 4 nitrogen and oxygen atoms in total. The van der Waals surface area contributed by atoms with Crippen molar-refractivity contribution in [2.75, 3.05) is 19.8 Å². The van der Waals surface area contributed by atoms with Crippen molar-refractivity contribution in [2.24, 2.45) is 0 Å². The van der Waals surface area contributed by atoms with E-state index in [0.29, 0.717) is 18.2 Å². The van der Waals surface area contributed by atoms with Crippen LogP contribution in [0.15, 0.2) is 24.3 Å². The van der Waals surface area contributed by atoms with E-state index in [2.05, 4.69) is 6.07 Å². The lowest BCUT2D eigenvalue weighted by Crippen LogP contribution is -2.48. The fraction of sp³-hybridized carbons (Fsp3) is 0.385. The highest BCUT2D eigenvalue weighted by molar-refractivity contribution is 6.30. The molecule has 0 N–H and O–H groups in total. The summed E-state index contributed by atoms with van der Waals surface area (Å²) in [4.78, 5) is 13.7. The molecule has 94 valence electrons. The van der Waals surface area contributed by atoms with Crippen molar-refractivity contribution in [3.63, 3.8) is 0 Å². The van der Waals surface area contributed by atoms with E-state index in [1.165, 1.54) is 0 Å². The molecule has 0 radical (unpaired) electrons. The summed E-state index contributed by atoms with van der Waals surface area (Å²) in [6, 6.07) is 8.80. The van der Waals surface area contributed by atoms with Gasteiger partial charge in [0, 0.05) is 11.6 Å². The number of hydrogen-bond donors (Lipinski definition) is 0. The Morgan fingerprint density at radius 3 is 3.17 bits per heavy atom. The van der Waals surface area contributed by atoms with E-state index in [9.17, 15) is 4.79 Å². The highest BCUT2D eigenvalue weighted by Gasteiger charge is 2.26. The highest BCUT2D eigenvalue weighted by Crippen LogP contribution is 2.14. The lowest BCUT2D eigenvalue weighted by molar-refractivity contribution is -0.136. The topological polar surface area (TPSA) is 53.3 Å². The van der Waals surface area contributed by atoms with Crippen LogP contribution in [0.2, 0.25) is 5.02 Å². The molecule has 1 saturated heterocycles. The minimum Gasteiger partial charge on any atom is -0.376 e. The van der Waals surface area contributed by atoms with Crippen molar-refractivity contribution in [2.45, 2.75) is 12.5 Å². The fourth-order valence-corrected chi connectivity index (χ4v) is 2.15. The molecule has 0 spiro atoms. The van der Waals surface area contributed by atoms with E-state index in [4.69, 9.17) is 21.6 Å². The number of ether oxygens (including phenoxy) is 1. The van der Waals surface area contributed by atoms with Gasteiger partial charge < -0.3 is 9.64 Å². The predicted molar refractivity (Wildman–Crippen MR) is 67.1 cm³/mol. The van der Waals surface area contributed by atoms with E-state index in [1.54, 1.807) is 17.0 Å². The Morgan fingerprint density at radius 2 is 2.44 bits per heavy atom. The summed E-state index contributed by atoms with van der Waals surface area (Å²) < 4.78 is 5.19. The van der Waals surface area contributed by atoms with Gasteiger partial charge in [-0.15, -0.1) is 0 Å². The van der Waals surface area contributed by atoms with Gasteiger partial charge >= 0.3 is 0 Å². The minimum atomic E-state index is -0.481. The largest absolute Gasteiger partial charge is 0.376 e. The van der Waals surface area contributed by atoms with Crippen LogP contribution >= 0.6 is 11.6 Å². The van der Waals surface area contributed by atoms with E-state index in [0.717, 1.165) is 5.56 Å². The third-order valence-electron chi connectivity index (χ3n) is 2.84. The smallest absolute Gasteiger partial charge is 0.228 e. The summed E-state index contributed by atoms with van der Waals surface area (Å²) in [7, 11) is 0. The summed E-state index contributed by atoms with van der Waals surface area (Å²) in [5.41, 5.74) is 0.857. The molecule has 0 bridgehead atoms. The molecule has 5 heteroatoms. The maximum absolute atomic E-state index is 12.1. The Morgan fingerprint density at radius 1 is 1.61 bits per heavy atom. The second kappa shape index (κ2) is 5.85. The van der Waals surface area contributed by atoms with Crippen LogP contribution in [0.25, 0.3) is 0 Å². The average Bonchev–Trinajstić information content (AvgIpc) is 2.38. The van der Waals surface area contributed by atoms with Crippen LogP contribution in [0.5, 0.6) is 0 Å². The van der Waals surface area contributed by atoms with Crippen molar-refractivity contribution in [3.8, 4) is 6.07 Å². The van der Waals surface area contributed by atoms with Gasteiger partial charge in [-0.25, -0.2) is 0 Å². The number of amides is 1. The summed E-state index contributed by atoms with van der Waals surface area (Å²) in [6.07, 6.45) is 0.263. The van der Waals surface area contributed by atoms with Crippen LogP contribution in [0.4, 0.5) is 0 Å². The molecule has 0 aromatic heterocycles. The predicted octanol–water partition coefficient (Wildman–Crippen LogP) is 1.63. The highest BCUT2D eigenvalue weighted by atomic mass is 35.5. The Kier molecular flexibility index (Phi) is 4.19. The molecule has 1 aliphatic rings. The van der Waals surface area contributed by atoms with E-state index >= 15 is 0 Å². The number of carbonyl (C=O) groups is 1. The number of benzene rings is 1. The summed E-state index contributed by atoms with van der Waals surface area (Å²) in [6.45, 7) is 1.24. The lowest BCUT2D eigenvalue weighted by atomic mass is 10.1. The zero-order valence-electron chi connectivity index (χ0n) is 9.80. The van der Waals surface area contributed by atoms with Gasteiger partial charge in [-0.2, -0.15) is 5.26 Å². The summed E-state index contributed by atoms with van der Waals surface area (Å²) >= 11 is 5.87. The third-order valence-corrected chi connectivity index (χ3v) is 3.08. The van der Waals surface area contributed by atoms with E-state index in [-0.39, 0.29) is 18.9 Å². The fourth-order valence-electron chi connectivity index (χ4n) is 1.93. The quantitative estimate of drug-likeness (QED) is 0.816. The molecule has 18 heavy (non-hydrogen) atoms. The monoisotopic (exact) mass is 264 g/mol. The van der Waals surface area contributed by atoms with Gasteiger partial charge in [0.1, 0.15) is 6.04 Å². The summed E-state index contributed by atoms with van der Waals surface area (Å²) in [5.74, 6) is -0.0629. The first-order chi connectivity index (χ1) is 8.70. The van der Waals surface area contributed by atoms with Crippen molar-refractivity contribution in [1.82, 2.24) is 4.90 Å². The molecule has 1 fully saturated rings. The molecule has 2 rings (SSSR count). The molecule has 1 aromatic rings. The van der Waals surface area contributed by atoms with Crippen LogP contribution in [0, 0.1) is 11.3 Å². The average molecular weight is 265 g/mol. The van der Waals surface area contributed by atoms with Crippen LogP contribution < -0.4 is 0 Å². The Bertz CT molecular complexity index is 484. The molecule has 1 aliphatic heterocycles. The molecule has 0 aliphatic carbocycles. The van der Waals surface area contributed by atoms with E-state index < -0.39 is 6.04 Å². The number of halogens is 1. The maximum atomic E-state index is 12.1. The maximum Gasteiger partial charge on any atom is 0.228 e. The normalized spacial score (nSPS) is 19.3. The van der Waals surface area contributed by atoms with E-state index in [1.807, 2.05) is 12.1 Å². The van der Waals surface area contributed by atoms with Crippen LogP contribution in [0.3, 0.4) is 0 Å². The zero-order chi connectivity index (χ0) is 13.0. The Balaban J connectivity index is 2.05. The number of carbonyl (C=O) groups excluding carboxylic acids is 1. The lowest BCUT2D eigenvalue weighted by Gasteiger charge is -2.31. The molecule has 1 unspecified atom stereocenters. The van der Waals surface area contributed by atoms with Crippen molar-refractivity contribution in [3.05, 3.63) is 34.9 Å². The second-order valence-corrected chi connectivity index (χ2v) is 4.55. The molecule has 1 aromatic carbocycles. The van der Waals surface area contributed by atoms with Gasteiger partial charge in [-0.1, -0.05) is 23.7 Å². The van der Waals surface area contributed by atoms with Gasteiger partial charge in [-0.05, 0) is 17.7 Å². The number of morpholine rings is 1. The van der Waals surface area contributed by atoms with Crippen molar-refractivity contribution in [1.29, 1.82) is 5.26 Å². The molecule has 1 heterocycles. The van der Waals surface area contributed by atoms with Crippen LogP contribution in [-0.4, -0.2) is 36.6 Å². The Hall–Kier alpha value is -1.57. The van der Waals surface area contributed by atoms with Gasteiger partial charge in [0.15, 0.2) is 0 Å². The first-order valence-corrected chi connectivity index (χ1v) is 6.10. The first-order valence-electron chi connectivity index (χ1n) is 5.72. The zero-order valence-corrected chi connectivity index (χ0v) is 10.6. The Labute approximate surface area is 111 Å². The minimum absolute atomic E-state index is 0.0629. The second-order valence-electron chi connectivity index (χ2n) is 4.11. The molecular weight excluding hydrogens is 252 g/mol. The SMILES string of the molecule is N#CC1COCCN1C(=O)Cc1cccc(Cl)c1. The standard InChI is InChI=1S/C13H13ClN2O2/c14-11-3-1-2-10(6-11)7-13(17)16-4-5-18-9-12(16)8-15/h1-3,6,12H,4-5,7,9H2. The number of nitriles is 1. The number of hydrogen-bond acceptors (Lipinski definition) is 3. The van der Waals surface area contributed by atoms with Crippen LogP contribution in [0.1, 0.15) is 5.56 Å². The number of rotatable bonds is 2. The van der Waals surface area contributed by atoms with Crippen molar-refractivity contribution >= 4 is 17.5 Å². The third kappa shape index (κ3) is 3.00. The molecule has 1 amide bonds. The van der Waals surface area contributed by atoms with Gasteiger partial charge in [-0.3, -0.25) is 4.79 Å². The summed E-state index contributed by atoms with van der Waals surface area (Å²) in [5, 5.41) is 9.59. The van der Waals surface area contributed by atoms with Gasteiger partial charge in [0.05, 0.1) is 25.7 Å². The van der Waals surface area contributed by atoms with Crippen molar-refractivity contribution < 1.29 is 9.53 Å². The number of nitrogens with zero attached hydrogens (tertiary/aromatic N) is 2. The van der Waals surface area contributed by atoms with Gasteiger partial charge in [0.25, 0.3) is 0 Å². The van der Waals surface area contributed by atoms with Gasteiger partial charge in [0.2, 0.25) is 5.91 Å². The molecule has 0 saturated carbocycles. The molecule has 1 atom stereocenters. The first kappa shape index (κ1) is 12.9.